The molecule has 9 heteroatoms. The Morgan fingerprint density at radius 3 is 2.83 bits per heavy atom. The normalized spacial score (nSPS) is 11.7. The Labute approximate surface area is 205 Å². The van der Waals surface area contributed by atoms with Gasteiger partial charge in [-0.05, 0) is 60.0 Å². The van der Waals surface area contributed by atoms with Gasteiger partial charge in [-0.15, -0.1) is 11.3 Å². The molecule has 0 radical (unpaired) electrons. The molecule has 5 aromatic rings. The van der Waals surface area contributed by atoms with Crippen molar-refractivity contribution in [1.82, 2.24) is 23.9 Å². The van der Waals surface area contributed by atoms with Crippen molar-refractivity contribution in [3.05, 3.63) is 101 Å². The van der Waals surface area contributed by atoms with E-state index in [4.69, 9.17) is 0 Å². The fourth-order valence-electron chi connectivity index (χ4n) is 3.85. The first-order valence-electron chi connectivity index (χ1n) is 11.1. The first-order chi connectivity index (χ1) is 17.0. The topological polar surface area (TPSA) is 77.1 Å². The molecule has 5 rings (SSSR count). The van der Waals surface area contributed by atoms with Crippen LogP contribution in [0.5, 0.6) is 0 Å². The third-order valence-corrected chi connectivity index (χ3v) is 6.28. The lowest BCUT2D eigenvalue weighted by Crippen LogP contribution is -2.17. The molecule has 0 fully saturated rings. The smallest absolute Gasteiger partial charge is 0.274 e. The summed E-state index contributed by atoms with van der Waals surface area (Å²) in [5.41, 5.74) is 4.85. The Morgan fingerprint density at radius 2 is 2.00 bits per heavy atom. The van der Waals surface area contributed by atoms with Crippen LogP contribution in [0, 0.1) is 5.95 Å². The first-order valence-corrected chi connectivity index (χ1v) is 12.0. The van der Waals surface area contributed by atoms with Crippen LogP contribution in [0.4, 0.5) is 9.52 Å². The highest BCUT2D eigenvalue weighted by molar-refractivity contribution is 7.14. The summed E-state index contributed by atoms with van der Waals surface area (Å²) < 4.78 is 17.3. The molecule has 176 valence electrons. The van der Waals surface area contributed by atoms with Crippen molar-refractivity contribution in [1.29, 1.82) is 0 Å². The summed E-state index contributed by atoms with van der Waals surface area (Å²) in [6.45, 7) is 4.68. The van der Waals surface area contributed by atoms with Crippen molar-refractivity contribution in [2.75, 3.05) is 5.32 Å². The number of thiazole rings is 1. The standard InChI is InChI=1S/C26H23FN6OS/c1-17(2)21-5-3-7-24-29-19(15-33(21)24)8-9-20-16-35-26(30-20)31-25(34)22-6-4-12-32(22)14-18-10-11-28-23(27)13-18/h3-13,15-17H,14H2,1-2H3,(H,30,31,34). The Morgan fingerprint density at radius 1 is 1.14 bits per heavy atom. The minimum absolute atomic E-state index is 0.282. The van der Waals surface area contributed by atoms with Gasteiger partial charge in [0.2, 0.25) is 5.95 Å². The molecule has 0 bridgehead atoms. The van der Waals surface area contributed by atoms with Gasteiger partial charge in [-0.3, -0.25) is 10.1 Å². The third-order valence-electron chi connectivity index (χ3n) is 5.51. The molecule has 0 aromatic carbocycles. The van der Waals surface area contributed by atoms with Crippen molar-refractivity contribution in [3.63, 3.8) is 0 Å². The van der Waals surface area contributed by atoms with Crippen LogP contribution in [-0.4, -0.2) is 29.8 Å². The minimum Gasteiger partial charge on any atom is -0.339 e. The fraction of sp³-hybridized carbons (Fsp3) is 0.154. The van der Waals surface area contributed by atoms with E-state index in [1.807, 2.05) is 35.9 Å². The second-order valence-corrected chi connectivity index (χ2v) is 9.23. The van der Waals surface area contributed by atoms with Gasteiger partial charge in [-0.25, -0.2) is 15.0 Å². The average Bonchev–Trinajstić information content (AvgIpc) is 3.56. The molecule has 0 aliphatic rings. The van der Waals surface area contributed by atoms with E-state index < -0.39 is 5.95 Å². The van der Waals surface area contributed by atoms with E-state index in [-0.39, 0.29) is 5.91 Å². The molecule has 35 heavy (non-hydrogen) atoms. The van der Waals surface area contributed by atoms with E-state index in [9.17, 15) is 9.18 Å². The number of nitrogens with one attached hydrogen (secondary N) is 1. The zero-order valence-electron chi connectivity index (χ0n) is 19.2. The summed E-state index contributed by atoms with van der Waals surface area (Å²) in [5.74, 6) is -0.439. The van der Waals surface area contributed by atoms with Gasteiger partial charge >= 0.3 is 0 Å². The van der Waals surface area contributed by atoms with E-state index in [1.54, 1.807) is 29.0 Å². The zero-order valence-corrected chi connectivity index (χ0v) is 20.0. The SMILES string of the molecule is CC(C)c1cccc2nc(C=Cc3csc(NC(=O)c4cccn4Cc4ccnc(F)c4)n3)cn12. The van der Waals surface area contributed by atoms with Crippen LogP contribution < -0.4 is 5.32 Å². The lowest BCUT2D eigenvalue weighted by atomic mass is 10.1. The maximum absolute atomic E-state index is 13.4. The van der Waals surface area contributed by atoms with Crippen LogP contribution in [0.25, 0.3) is 17.8 Å². The van der Waals surface area contributed by atoms with Gasteiger partial charge in [0.25, 0.3) is 5.91 Å². The van der Waals surface area contributed by atoms with Gasteiger partial charge in [-0.2, -0.15) is 4.39 Å². The van der Waals surface area contributed by atoms with Crippen molar-refractivity contribution in [3.8, 4) is 0 Å². The monoisotopic (exact) mass is 486 g/mol. The number of halogens is 1. The molecule has 0 aliphatic heterocycles. The Kier molecular flexibility index (Phi) is 6.24. The van der Waals surface area contributed by atoms with Crippen LogP contribution in [0.1, 0.15) is 52.9 Å². The van der Waals surface area contributed by atoms with Gasteiger partial charge in [-0.1, -0.05) is 19.9 Å². The first kappa shape index (κ1) is 22.7. The third kappa shape index (κ3) is 5.04. The van der Waals surface area contributed by atoms with Crippen LogP contribution in [-0.2, 0) is 6.54 Å². The van der Waals surface area contributed by atoms with Crippen molar-refractivity contribution >= 4 is 40.2 Å². The summed E-state index contributed by atoms with van der Waals surface area (Å²) in [5, 5.41) is 5.22. The number of anilines is 1. The summed E-state index contributed by atoms with van der Waals surface area (Å²) in [6, 6.07) is 12.7. The van der Waals surface area contributed by atoms with E-state index in [2.05, 4.69) is 44.6 Å². The number of fused-ring (bicyclic) bond motifs is 1. The fourth-order valence-corrected chi connectivity index (χ4v) is 4.52. The summed E-state index contributed by atoms with van der Waals surface area (Å²) >= 11 is 1.35. The van der Waals surface area contributed by atoms with E-state index in [0.717, 1.165) is 22.6 Å². The molecule has 0 saturated carbocycles. The number of hydrogen-bond acceptors (Lipinski definition) is 5. The maximum Gasteiger partial charge on any atom is 0.274 e. The lowest BCUT2D eigenvalue weighted by molar-refractivity contribution is 0.101. The van der Waals surface area contributed by atoms with Gasteiger partial charge < -0.3 is 8.97 Å². The summed E-state index contributed by atoms with van der Waals surface area (Å²) in [4.78, 5) is 25.6. The lowest BCUT2D eigenvalue weighted by Gasteiger charge is -2.09. The van der Waals surface area contributed by atoms with Crippen molar-refractivity contribution in [2.24, 2.45) is 0 Å². The molecule has 0 atom stereocenters. The molecule has 7 nitrogen and oxygen atoms in total. The quantitative estimate of drug-likeness (QED) is 0.299. The van der Waals surface area contributed by atoms with Crippen molar-refractivity contribution < 1.29 is 9.18 Å². The second-order valence-electron chi connectivity index (χ2n) is 8.37. The predicted molar refractivity (Wildman–Crippen MR) is 136 cm³/mol. The highest BCUT2D eigenvalue weighted by Gasteiger charge is 2.14. The van der Waals surface area contributed by atoms with E-state index in [0.29, 0.717) is 23.3 Å². The number of aromatic nitrogens is 5. The number of carbonyl (C=O) groups excluding carboxylic acids is 1. The molecule has 5 aromatic heterocycles. The molecule has 0 aliphatic carbocycles. The molecule has 0 unspecified atom stereocenters. The summed E-state index contributed by atoms with van der Waals surface area (Å²) in [6.07, 6.45) is 9.00. The Bertz CT molecular complexity index is 1530. The van der Waals surface area contributed by atoms with Gasteiger partial charge in [0, 0.05) is 36.2 Å². The highest BCUT2D eigenvalue weighted by atomic mass is 32.1. The van der Waals surface area contributed by atoms with Crippen LogP contribution in [0.2, 0.25) is 0 Å². The van der Waals surface area contributed by atoms with Gasteiger partial charge in [0.1, 0.15) is 11.3 Å². The highest BCUT2D eigenvalue weighted by Crippen LogP contribution is 2.21. The number of imidazole rings is 1. The largest absolute Gasteiger partial charge is 0.339 e. The van der Waals surface area contributed by atoms with Crippen molar-refractivity contribution in [2.45, 2.75) is 26.3 Å². The van der Waals surface area contributed by atoms with Crippen LogP contribution in [0.15, 0.2) is 66.4 Å². The van der Waals surface area contributed by atoms with E-state index >= 15 is 0 Å². The van der Waals surface area contributed by atoms with E-state index in [1.165, 1.54) is 29.3 Å². The number of nitrogens with zero attached hydrogens (tertiary/aromatic N) is 5. The Hall–Kier alpha value is -4.11. The minimum atomic E-state index is -0.548. The second kappa shape index (κ2) is 9.63. The number of hydrogen-bond donors (Lipinski definition) is 1. The molecule has 5 heterocycles. The molecule has 0 saturated heterocycles. The molecule has 1 N–H and O–H groups in total. The van der Waals surface area contributed by atoms with Gasteiger partial charge in [0.15, 0.2) is 5.13 Å². The molecule has 0 spiro atoms. The average molecular weight is 487 g/mol. The number of pyridine rings is 2. The zero-order chi connectivity index (χ0) is 24.4. The van der Waals surface area contributed by atoms with Gasteiger partial charge in [0.05, 0.1) is 11.4 Å². The Balaban J connectivity index is 1.27. The summed E-state index contributed by atoms with van der Waals surface area (Å²) in [7, 11) is 0. The predicted octanol–water partition coefficient (Wildman–Crippen LogP) is 5.72. The van der Waals surface area contributed by atoms with Crippen LogP contribution in [0.3, 0.4) is 0 Å². The molecular weight excluding hydrogens is 463 g/mol. The number of amides is 1. The number of carbonyl (C=O) groups is 1. The number of rotatable bonds is 7. The maximum atomic E-state index is 13.4. The molecular formula is C26H23FN6OS. The van der Waals surface area contributed by atoms with Crippen LogP contribution >= 0.6 is 11.3 Å². The molecule has 1 amide bonds.